The monoisotopic (exact) mass is 375 g/mol. The minimum Gasteiger partial charge on any atom is -0.395 e. The molecule has 0 unspecified atom stereocenters. The molecule has 0 fully saturated rings. The Morgan fingerprint density at radius 3 is 2.33 bits per heavy atom. The van der Waals surface area contributed by atoms with Gasteiger partial charge in [-0.1, -0.05) is 12.1 Å². The second-order valence-electron chi connectivity index (χ2n) is 5.33. The summed E-state index contributed by atoms with van der Waals surface area (Å²) in [6, 6.07) is 9.78. The van der Waals surface area contributed by atoms with Gasteiger partial charge in [-0.25, -0.2) is 0 Å². The standard InChI is InChI=1S/C16H17N5O6/c22-8-7-17-10-16(23)19-13-4-2-1-3-12(13)18-14-6-5-11(20(24)25)9-15(14)21(26)27/h1-6,9,17-18,22H,7-8,10H2,(H,19,23). The van der Waals surface area contributed by atoms with Crippen molar-refractivity contribution < 1.29 is 19.7 Å². The van der Waals surface area contributed by atoms with Crippen LogP contribution in [0.2, 0.25) is 0 Å². The molecule has 1 amide bonds. The van der Waals surface area contributed by atoms with Crippen LogP contribution in [0.15, 0.2) is 42.5 Å². The quantitative estimate of drug-likeness (QED) is 0.293. The number of para-hydroxylation sites is 2. The lowest BCUT2D eigenvalue weighted by molar-refractivity contribution is -0.393. The summed E-state index contributed by atoms with van der Waals surface area (Å²) in [7, 11) is 0. The van der Waals surface area contributed by atoms with E-state index in [1.54, 1.807) is 24.3 Å². The van der Waals surface area contributed by atoms with Gasteiger partial charge in [-0.2, -0.15) is 0 Å². The third-order valence-electron chi connectivity index (χ3n) is 3.43. The maximum atomic E-state index is 11.9. The first kappa shape index (κ1) is 19.8. The van der Waals surface area contributed by atoms with Gasteiger partial charge in [-0.15, -0.1) is 0 Å². The SMILES string of the molecule is O=C(CNCCO)Nc1ccccc1Nc1ccc([N+](=O)[O-])cc1[N+](=O)[O-]. The average Bonchev–Trinajstić information content (AvgIpc) is 2.63. The van der Waals surface area contributed by atoms with Gasteiger partial charge in [-0.3, -0.25) is 25.0 Å². The van der Waals surface area contributed by atoms with Crippen LogP contribution in [0, 0.1) is 20.2 Å². The highest BCUT2D eigenvalue weighted by Gasteiger charge is 2.20. The van der Waals surface area contributed by atoms with E-state index in [0.29, 0.717) is 11.4 Å². The van der Waals surface area contributed by atoms with Crippen molar-refractivity contribution in [1.82, 2.24) is 5.32 Å². The van der Waals surface area contributed by atoms with E-state index in [2.05, 4.69) is 16.0 Å². The molecule has 2 aromatic rings. The smallest absolute Gasteiger partial charge is 0.299 e. The van der Waals surface area contributed by atoms with E-state index in [0.717, 1.165) is 12.1 Å². The van der Waals surface area contributed by atoms with E-state index >= 15 is 0 Å². The molecule has 142 valence electrons. The summed E-state index contributed by atoms with van der Waals surface area (Å²) in [4.78, 5) is 32.5. The van der Waals surface area contributed by atoms with Gasteiger partial charge in [0, 0.05) is 12.6 Å². The topological polar surface area (TPSA) is 160 Å². The Morgan fingerprint density at radius 2 is 1.70 bits per heavy atom. The van der Waals surface area contributed by atoms with Crippen LogP contribution in [0.25, 0.3) is 0 Å². The van der Waals surface area contributed by atoms with E-state index in [-0.39, 0.29) is 31.3 Å². The number of hydrogen-bond acceptors (Lipinski definition) is 8. The molecule has 0 atom stereocenters. The van der Waals surface area contributed by atoms with Crippen LogP contribution in [0.3, 0.4) is 0 Å². The molecule has 0 heterocycles. The van der Waals surface area contributed by atoms with Crippen molar-refractivity contribution in [3.05, 3.63) is 62.7 Å². The van der Waals surface area contributed by atoms with Crippen LogP contribution in [-0.4, -0.2) is 40.6 Å². The second kappa shape index (κ2) is 9.22. The fourth-order valence-corrected chi connectivity index (χ4v) is 2.21. The Labute approximate surface area is 153 Å². The predicted molar refractivity (Wildman–Crippen MR) is 98.1 cm³/mol. The fraction of sp³-hybridized carbons (Fsp3) is 0.188. The first-order valence-electron chi connectivity index (χ1n) is 7.82. The Balaban J connectivity index is 2.24. The molecule has 0 aliphatic rings. The maximum Gasteiger partial charge on any atom is 0.299 e. The van der Waals surface area contributed by atoms with Gasteiger partial charge in [0.1, 0.15) is 5.69 Å². The summed E-state index contributed by atoms with van der Waals surface area (Å²) in [6.45, 7) is 0.143. The minimum atomic E-state index is -0.727. The molecule has 11 heteroatoms. The molecule has 0 aromatic heterocycles. The average molecular weight is 375 g/mol. The highest BCUT2D eigenvalue weighted by atomic mass is 16.6. The number of carbonyl (C=O) groups is 1. The van der Waals surface area contributed by atoms with Gasteiger partial charge in [0.25, 0.3) is 11.4 Å². The molecule has 0 aliphatic heterocycles. The molecule has 0 spiro atoms. The number of rotatable bonds is 9. The van der Waals surface area contributed by atoms with Crippen LogP contribution >= 0.6 is 0 Å². The van der Waals surface area contributed by atoms with Crippen molar-refractivity contribution in [2.75, 3.05) is 30.3 Å². The number of nitro groups is 2. The zero-order valence-electron chi connectivity index (χ0n) is 14.0. The highest BCUT2D eigenvalue weighted by Crippen LogP contribution is 2.33. The fourth-order valence-electron chi connectivity index (χ4n) is 2.21. The van der Waals surface area contributed by atoms with E-state index in [9.17, 15) is 25.0 Å². The molecular formula is C16H17N5O6. The number of benzene rings is 2. The van der Waals surface area contributed by atoms with Gasteiger partial charge in [-0.05, 0) is 18.2 Å². The number of amides is 1. The molecule has 2 aromatic carbocycles. The molecule has 0 saturated heterocycles. The Hall–Kier alpha value is -3.57. The van der Waals surface area contributed by atoms with E-state index in [1.807, 2.05) is 0 Å². The Bertz CT molecular complexity index is 857. The number of non-ortho nitro benzene ring substituents is 1. The molecule has 0 bridgehead atoms. The molecule has 0 saturated carbocycles. The summed E-state index contributed by atoms with van der Waals surface area (Å²) < 4.78 is 0. The molecule has 4 N–H and O–H groups in total. The lowest BCUT2D eigenvalue weighted by Crippen LogP contribution is -2.30. The van der Waals surface area contributed by atoms with Crippen LogP contribution in [0.1, 0.15) is 0 Å². The number of aliphatic hydroxyl groups is 1. The number of carbonyl (C=O) groups excluding carboxylic acids is 1. The summed E-state index contributed by atoms with van der Waals surface area (Å²) in [5.41, 5.74) is -0.0599. The van der Waals surface area contributed by atoms with Crippen LogP contribution in [0.4, 0.5) is 28.4 Å². The van der Waals surface area contributed by atoms with Gasteiger partial charge in [0.05, 0.1) is 40.4 Å². The number of aliphatic hydroxyl groups excluding tert-OH is 1. The second-order valence-corrected chi connectivity index (χ2v) is 5.33. The maximum absolute atomic E-state index is 11.9. The number of hydrogen-bond donors (Lipinski definition) is 4. The Kier molecular flexibility index (Phi) is 6.74. The van der Waals surface area contributed by atoms with Gasteiger partial charge in [0.2, 0.25) is 5.91 Å². The lowest BCUT2D eigenvalue weighted by atomic mass is 10.2. The number of anilines is 3. The minimum absolute atomic E-state index is 0.0213. The van der Waals surface area contributed by atoms with Gasteiger partial charge in [0.15, 0.2) is 0 Å². The number of nitro benzene ring substituents is 2. The van der Waals surface area contributed by atoms with Crippen molar-refractivity contribution in [1.29, 1.82) is 0 Å². The first-order chi connectivity index (χ1) is 12.9. The van der Waals surface area contributed by atoms with Crippen molar-refractivity contribution in [3.8, 4) is 0 Å². The van der Waals surface area contributed by atoms with Crippen molar-refractivity contribution in [3.63, 3.8) is 0 Å². The normalized spacial score (nSPS) is 10.3. The zero-order valence-corrected chi connectivity index (χ0v) is 14.0. The number of nitrogens with one attached hydrogen (secondary N) is 3. The van der Waals surface area contributed by atoms with Crippen LogP contribution in [-0.2, 0) is 4.79 Å². The van der Waals surface area contributed by atoms with Crippen molar-refractivity contribution in [2.45, 2.75) is 0 Å². The van der Waals surface area contributed by atoms with Gasteiger partial charge >= 0.3 is 0 Å². The zero-order chi connectivity index (χ0) is 19.8. The van der Waals surface area contributed by atoms with E-state index in [1.165, 1.54) is 6.07 Å². The number of nitrogens with zero attached hydrogens (tertiary/aromatic N) is 2. The van der Waals surface area contributed by atoms with Gasteiger partial charge < -0.3 is 21.1 Å². The first-order valence-corrected chi connectivity index (χ1v) is 7.82. The summed E-state index contributed by atoms with van der Waals surface area (Å²) in [6.07, 6.45) is 0. The molecule has 0 radical (unpaired) electrons. The lowest BCUT2D eigenvalue weighted by Gasteiger charge is -2.13. The molecule has 11 nitrogen and oxygen atoms in total. The molecular weight excluding hydrogens is 358 g/mol. The highest BCUT2D eigenvalue weighted by molar-refractivity contribution is 5.96. The van der Waals surface area contributed by atoms with E-state index < -0.39 is 21.2 Å². The summed E-state index contributed by atoms with van der Waals surface area (Å²) in [5.74, 6) is -0.365. The predicted octanol–water partition coefficient (Wildman–Crippen LogP) is 1.77. The van der Waals surface area contributed by atoms with Crippen LogP contribution < -0.4 is 16.0 Å². The molecule has 27 heavy (non-hydrogen) atoms. The molecule has 0 aliphatic carbocycles. The third-order valence-corrected chi connectivity index (χ3v) is 3.43. The van der Waals surface area contributed by atoms with Crippen molar-refractivity contribution in [2.24, 2.45) is 0 Å². The third kappa shape index (κ3) is 5.45. The largest absolute Gasteiger partial charge is 0.395 e. The van der Waals surface area contributed by atoms with E-state index in [4.69, 9.17) is 5.11 Å². The Morgan fingerprint density at radius 1 is 1.00 bits per heavy atom. The molecule has 2 rings (SSSR count). The summed E-state index contributed by atoms with van der Waals surface area (Å²) >= 11 is 0. The van der Waals surface area contributed by atoms with Crippen LogP contribution in [0.5, 0.6) is 0 Å². The summed E-state index contributed by atoms with van der Waals surface area (Å²) in [5, 5.41) is 39.0. The van der Waals surface area contributed by atoms with Crippen molar-refractivity contribution >= 4 is 34.3 Å².